The molecule has 2 saturated heterocycles. The van der Waals surface area contributed by atoms with Gasteiger partial charge in [0.15, 0.2) is 0 Å². The van der Waals surface area contributed by atoms with Gasteiger partial charge in [-0.25, -0.2) is 4.90 Å². The molecule has 3 atom stereocenters. The molecule has 0 radical (unpaired) electrons. The van der Waals surface area contributed by atoms with Crippen LogP contribution in [-0.4, -0.2) is 43.3 Å². The Balaban J connectivity index is 1.60. The number of benzene rings is 3. The summed E-state index contributed by atoms with van der Waals surface area (Å²) in [6, 6.07) is 24.1. The second-order valence-electron chi connectivity index (χ2n) is 9.43. The largest absolute Gasteiger partial charge is 0.497 e. The summed E-state index contributed by atoms with van der Waals surface area (Å²) in [5, 5.41) is 3.01. The van der Waals surface area contributed by atoms with Crippen LogP contribution in [0.5, 0.6) is 5.75 Å². The fourth-order valence-corrected chi connectivity index (χ4v) is 6.55. The van der Waals surface area contributed by atoms with Crippen molar-refractivity contribution in [3.63, 3.8) is 0 Å². The van der Waals surface area contributed by atoms with E-state index in [1.54, 1.807) is 31.4 Å². The predicted molar refractivity (Wildman–Crippen MR) is 131 cm³/mol. The number of hydrogen-bond acceptors (Lipinski definition) is 5. The van der Waals surface area contributed by atoms with E-state index in [1.807, 2.05) is 66.5 Å². The Morgan fingerprint density at radius 2 is 1.60 bits per heavy atom. The Morgan fingerprint density at radius 3 is 2.31 bits per heavy atom. The number of imide groups is 1. The Labute approximate surface area is 203 Å². The highest BCUT2D eigenvalue weighted by Crippen LogP contribution is 2.66. The van der Waals surface area contributed by atoms with Gasteiger partial charge < -0.3 is 10.1 Å². The molecular formula is C28H25N3O4. The van der Waals surface area contributed by atoms with Crippen molar-refractivity contribution in [1.29, 1.82) is 0 Å². The first kappa shape index (κ1) is 21.6. The number of hydrogen-bond donors (Lipinski definition) is 1. The van der Waals surface area contributed by atoms with Crippen molar-refractivity contribution in [2.24, 2.45) is 5.41 Å². The number of carbonyl (C=O) groups excluding carboxylic acids is 3. The number of fused-ring (bicyclic) bond motifs is 3. The Kier molecular flexibility index (Phi) is 4.63. The SMILES string of the molecule is COc1ccc(N2C(=O)C[C@@]3(C2=O)[C@@H](c2ccccc2)CN(C)[C@@]32C(=O)Nc3ccccc32)cc1. The van der Waals surface area contributed by atoms with Crippen LogP contribution in [0.2, 0.25) is 0 Å². The number of rotatable bonds is 3. The minimum atomic E-state index is -1.31. The van der Waals surface area contributed by atoms with E-state index in [0.29, 0.717) is 23.7 Å². The molecule has 0 unspecified atom stereocenters. The van der Waals surface area contributed by atoms with E-state index in [1.165, 1.54) is 4.90 Å². The summed E-state index contributed by atoms with van der Waals surface area (Å²) in [5.41, 5.74) is 0.214. The maximum atomic E-state index is 14.6. The molecule has 7 heteroatoms. The Bertz CT molecular complexity index is 1360. The summed E-state index contributed by atoms with van der Waals surface area (Å²) < 4.78 is 5.25. The van der Waals surface area contributed by atoms with Crippen molar-refractivity contribution in [2.75, 3.05) is 30.9 Å². The summed E-state index contributed by atoms with van der Waals surface area (Å²) in [5.74, 6) is -0.653. The van der Waals surface area contributed by atoms with Crippen LogP contribution in [-0.2, 0) is 19.9 Å². The number of nitrogens with zero attached hydrogens (tertiary/aromatic N) is 2. The van der Waals surface area contributed by atoms with Gasteiger partial charge in [0.1, 0.15) is 11.3 Å². The molecule has 0 bridgehead atoms. The zero-order valence-corrected chi connectivity index (χ0v) is 19.5. The Hall–Kier alpha value is -3.97. The summed E-state index contributed by atoms with van der Waals surface area (Å²) in [4.78, 5) is 45.4. The highest BCUT2D eigenvalue weighted by Gasteiger charge is 2.77. The minimum absolute atomic E-state index is 0.0660. The number of anilines is 2. The van der Waals surface area contributed by atoms with E-state index in [0.717, 1.165) is 11.1 Å². The molecule has 3 aromatic rings. The number of methoxy groups -OCH3 is 1. The lowest BCUT2D eigenvalue weighted by atomic mass is 9.60. The second-order valence-corrected chi connectivity index (χ2v) is 9.43. The highest BCUT2D eigenvalue weighted by molar-refractivity contribution is 6.26. The molecule has 3 aliphatic heterocycles. The lowest BCUT2D eigenvalue weighted by Gasteiger charge is -2.42. The van der Waals surface area contributed by atoms with Crippen molar-refractivity contribution >= 4 is 29.1 Å². The molecule has 0 aliphatic carbocycles. The predicted octanol–water partition coefficient (Wildman–Crippen LogP) is 3.52. The number of ether oxygens (including phenoxy) is 1. The molecular weight excluding hydrogens is 442 g/mol. The molecule has 6 rings (SSSR count). The van der Waals surface area contributed by atoms with Crippen LogP contribution in [0.25, 0.3) is 0 Å². The molecule has 3 aromatic carbocycles. The maximum absolute atomic E-state index is 14.6. The highest BCUT2D eigenvalue weighted by atomic mass is 16.5. The molecule has 1 N–H and O–H groups in total. The minimum Gasteiger partial charge on any atom is -0.497 e. The summed E-state index contributed by atoms with van der Waals surface area (Å²) in [6.45, 7) is 0.460. The number of nitrogens with one attached hydrogen (secondary N) is 1. The molecule has 0 saturated carbocycles. The molecule has 7 nitrogen and oxygen atoms in total. The molecule has 2 fully saturated rings. The van der Waals surface area contributed by atoms with Gasteiger partial charge in [-0.1, -0.05) is 48.5 Å². The molecule has 3 aliphatic rings. The molecule has 35 heavy (non-hydrogen) atoms. The molecule has 3 heterocycles. The topological polar surface area (TPSA) is 79.0 Å². The van der Waals surface area contributed by atoms with E-state index in [2.05, 4.69) is 5.32 Å². The normalized spacial score (nSPS) is 27.7. The van der Waals surface area contributed by atoms with Gasteiger partial charge in [-0.15, -0.1) is 0 Å². The van der Waals surface area contributed by atoms with Gasteiger partial charge in [0, 0.05) is 30.1 Å². The van der Waals surface area contributed by atoms with E-state index in [9.17, 15) is 14.4 Å². The first-order chi connectivity index (χ1) is 16.9. The van der Waals surface area contributed by atoms with Crippen LogP contribution in [0, 0.1) is 5.41 Å². The third kappa shape index (κ3) is 2.61. The monoisotopic (exact) mass is 467 g/mol. The van der Waals surface area contributed by atoms with Crippen LogP contribution >= 0.6 is 0 Å². The zero-order chi connectivity index (χ0) is 24.4. The van der Waals surface area contributed by atoms with E-state index >= 15 is 0 Å². The van der Waals surface area contributed by atoms with Gasteiger partial charge >= 0.3 is 0 Å². The van der Waals surface area contributed by atoms with Gasteiger partial charge in [-0.3, -0.25) is 19.3 Å². The lowest BCUT2D eigenvalue weighted by molar-refractivity contribution is -0.142. The first-order valence-corrected chi connectivity index (χ1v) is 11.6. The maximum Gasteiger partial charge on any atom is 0.250 e. The van der Waals surface area contributed by atoms with Gasteiger partial charge in [0.2, 0.25) is 11.8 Å². The van der Waals surface area contributed by atoms with Crippen molar-refractivity contribution < 1.29 is 19.1 Å². The molecule has 2 spiro atoms. The van der Waals surface area contributed by atoms with E-state index in [4.69, 9.17) is 4.74 Å². The summed E-state index contributed by atoms with van der Waals surface area (Å²) in [6.07, 6.45) is -0.0660. The van der Waals surface area contributed by atoms with Crippen molar-refractivity contribution in [1.82, 2.24) is 4.90 Å². The number of para-hydroxylation sites is 1. The van der Waals surface area contributed by atoms with Crippen LogP contribution in [0.1, 0.15) is 23.5 Å². The number of amides is 3. The summed E-state index contributed by atoms with van der Waals surface area (Å²) >= 11 is 0. The molecule has 176 valence electrons. The quantitative estimate of drug-likeness (QED) is 0.597. The van der Waals surface area contributed by atoms with E-state index < -0.39 is 11.0 Å². The number of likely N-dealkylation sites (N-methyl/N-ethyl adjacent to an activating group) is 1. The number of carbonyl (C=O) groups is 3. The fourth-order valence-electron chi connectivity index (χ4n) is 6.55. The van der Waals surface area contributed by atoms with Crippen molar-refractivity contribution in [3.05, 3.63) is 90.0 Å². The van der Waals surface area contributed by atoms with Crippen LogP contribution in [0.4, 0.5) is 11.4 Å². The number of likely N-dealkylation sites (tertiary alicyclic amines) is 1. The van der Waals surface area contributed by atoms with Crippen molar-refractivity contribution in [3.8, 4) is 5.75 Å². The third-order valence-corrected chi connectivity index (χ3v) is 7.96. The fraction of sp³-hybridized carbons (Fsp3) is 0.250. The van der Waals surface area contributed by atoms with Gasteiger partial charge in [0.25, 0.3) is 5.91 Å². The smallest absolute Gasteiger partial charge is 0.250 e. The van der Waals surface area contributed by atoms with Gasteiger partial charge in [-0.05, 0) is 42.9 Å². The third-order valence-electron chi connectivity index (χ3n) is 7.96. The van der Waals surface area contributed by atoms with Crippen LogP contribution in [0.15, 0.2) is 78.9 Å². The average Bonchev–Trinajstić information content (AvgIpc) is 3.43. The Morgan fingerprint density at radius 1 is 0.914 bits per heavy atom. The second kappa shape index (κ2) is 7.52. The standard InChI is InChI=1S/C28H25N3O4/c1-30-17-22(18-8-4-3-5-9-18)27(28(30)21-10-6-7-11-23(21)29-25(28)33)16-24(32)31(26(27)34)19-12-14-20(35-2)15-13-19/h3-15,22H,16-17H2,1-2H3,(H,29,33)/t22-,27+,28+/m1/s1. The van der Waals surface area contributed by atoms with Gasteiger partial charge in [-0.2, -0.15) is 0 Å². The van der Waals surface area contributed by atoms with Crippen molar-refractivity contribution in [2.45, 2.75) is 17.9 Å². The van der Waals surface area contributed by atoms with Gasteiger partial charge in [0.05, 0.1) is 18.2 Å². The molecule has 0 aromatic heterocycles. The first-order valence-electron chi connectivity index (χ1n) is 11.6. The van der Waals surface area contributed by atoms with Crippen LogP contribution in [0.3, 0.4) is 0 Å². The average molecular weight is 468 g/mol. The lowest BCUT2D eigenvalue weighted by Crippen LogP contribution is -2.58. The molecule has 3 amide bonds. The van der Waals surface area contributed by atoms with Crippen LogP contribution < -0.4 is 15.0 Å². The van der Waals surface area contributed by atoms with E-state index in [-0.39, 0.29) is 30.1 Å². The zero-order valence-electron chi connectivity index (χ0n) is 19.5. The summed E-state index contributed by atoms with van der Waals surface area (Å²) in [7, 11) is 3.44.